The Hall–Kier alpha value is -0.130. The van der Waals surface area contributed by atoms with E-state index in [4.69, 9.17) is 0 Å². The summed E-state index contributed by atoms with van der Waals surface area (Å²) in [6.07, 6.45) is 3.35. The smallest absolute Gasteiger partial charge is 0.147 e. The second-order valence-electron chi connectivity index (χ2n) is 3.75. The summed E-state index contributed by atoms with van der Waals surface area (Å²) in [5, 5.41) is 12.5. The zero-order valence-electron chi connectivity index (χ0n) is 7.86. The summed E-state index contributed by atoms with van der Waals surface area (Å²) in [6, 6.07) is 0.563. The van der Waals surface area contributed by atoms with Gasteiger partial charge in [-0.25, -0.2) is 8.42 Å². The largest absolute Gasteiger partial charge is 0.392 e. The summed E-state index contributed by atoms with van der Waals surface area (Å²) in [6.45, 7) is 0.514. The van der Waals surface area contributed by atoms with Crippen LogP contribution in [0.5, 0.6) is 0 Å². The maximum absolute atomic E-state index is 10.8. The van der Waals surface area contributed by atoms with Crippen molar-refractivity contribution in [2.24, 2.45) is 0 Å². The highest BCUT2D eigenvalue weighted by atomic mass is 32.2. The van der Waals surface area contributed by atoms with Crippen molar-refractivity contribution < 1.29 is 13.5 Å². The molecule has 1 unspecified atom stereocenters. The molecule has 1 aliphatic rings. The molecule has 1 saturated carbocycles. The van der Waals surface area contributed by atoms with Crippen LogP contribution in [-0.4, -0.2) is 44.2 Å². The van der Waals surface area contributed by atoms with Gasteiger partial charge < -0.3 is 10.4 Å². The molecule has 0 heterocycles. The van der Waals surface area contributed by atoms with Gasteiger partial charge >= 0.3 is 0 Å². The molecule has 5 heteroatoms. The maximum Gasteiger partial charge on any atom is 0.147 e. The van der Waals surface area contributed by atoms with Gasteiger partial charge in [-0.3, -0.25) is 0 Å². The first-order chi connectivity index (χ1) is 5.97. The molecule has 0 saturated heterocycles. The first-order valence-electron chi connectivity index (χ1n) is 4.56. The molecule has 0 amide bonds. The summed E-state index contributed by atoms with van der Waals surface area (Å²) >= 11 is 0. The lowest BCUT2D eigenvalue weighted by molar-refractivity contribution is 0.167. The minimum Gasteiger partial charge on any atom is -0.392 e. The van der Waals surface area contributed by atoms with E-state index in [1.165, 1.54) is 19.1 Å². The molecule has 0 radical (unpaired) electrons. The molecular formula is C8H17NO3S. The molecule has 4 nitrogen and oxygen atoms in total. The quantitative estimate of drug-likeness (QED) is 0.618. The Morgan fingerprint density at radius 3 is 2.62 bits per heavy atom. The summed E-state index contributed by atoms with van der Waals surface area (Å²) in [5.41, 5.74) is 0. The van der Waals surface area contributed by atoms with Crippen LogP contribution in [0.4, 0.5) is 0 Å². The monoisotopic (exact) mass is 207 g/mol. The second-order valence-corrected chi connectivity index (χ2v) is 6.01. The number of nitrogens with one attached hydrogen (secondary N) is 1. The lowest BCUT2D eigenvalue weighted by Gasteiger charge is -2.10. The molecule has 1 fully saturated rings. The van der Waals surface area contributed by atoms with Gasteiger partial charge in [-0.1, -0.05) is 0 Å². The third-order valence-electron chi connectivity index (χ3n) is 2.04. The Labute approximate surface area is 79.3 Å². The number of sulfone groups is 1. The predicted molar refractivity (Wildman–Crippen MR) is 51.4 cm³/mol. The second kappa shape index (κ2) is 4.39. The van der Waals surface area contributed by atoms with E-state index in [-0.39, 0.29) is 5.75 Å². The minimum atomic E-state index is -2.93. The van der Waals surface area contributed by atoms with Crippen molar-refractivity contribution in [1.82, 2.24) is 5.32 Å². The van der Waals surface area contributed by atoms with Gasteiger partial charge in [0.25, 0.3) is 0 Å². The lowest BCUT2D eigenvalue weighted by atomic mass is 10.3. The molecule has 0 aromatic carbocycles. The van der Waals surface area contributed by atoms with E-state index in [9.17, 15) is 13.5 Å². The van der Waals surface area contributed by atoms with Crippen molar-refractivity contribution in [3.63, 3.8) is 0 Å². The fourth-order valence-corrected chi connectivity index (χ4v) is 1.74. The third-order valence-corrected chi connectivity index (χ3v) is 3.02. The van der Waals surface area contributed by atoms with Gasteiger partial charge in [0.15, 0.2) is 0 Å². The molecule has 78 valence electrons. The van der Waals surface area contributed by atoms with Crippen LogP contribution in [0, 0.1) is 0 Å². The number of hydrogen-bond acceptors (Lipinski definition) is 4. The molecule has 1 aliphatic carbocycles. The fourth-order valence-electron chi connectivity index (χ4n) is 1.04. The molecule has 0 bridgehead atoms. The molecule has 2 N–H and O–H groups in total. The minimum absolute atomic E-state index is 0.0700. The van der Waals surface area contributed by atoms with E-state index in [0.717, 1.165) is 0 Å². The number of rotatable bonds is 6. The lowest BCUT2D eigenvalue weighted by Crippen LogP contribution is -2.29. The van der Waals surface area contributed by atoms with E-state index in [0.29, 0.717) is 19.0 Å². The molecular weight excluding hydrogens is 190 g/mol. The van der Waals surface area contributed by atoms with Crippen molar-refractivity contribution in [2.75, 3.05) is 18.6 Å². The average Bonchev–Trinajstić information content (AvgIpc) is 2.78. The van der Waals surface area contributed by atoms with Gasteiger partial charge in [-0.15, -0.1) is 0 Å². The standard InChI is InChI=1S/C8H17NO3S/c1-13(11,12)5-4-8(10)6-9-7-2-3-7/h7-10H,2-6H2,1H3. The first-order valence-corrected chi connectivity index (χ1v) is 6.62. The van der Waals surface area contributed by atoms with Crippen LogP contribution in [0.3, 0.4) is 0 Å². The van der Waals surface area contributed by atoms with E-state index >= 15 is 0 Å². The third kappa shape index (κ3) is 6.01. The summed E-state index contributed by atoms with van der Waals surface area (Å²) < 4.78 is 21.5. The first kappa shape index (κ1) is 10.9. The van der Waals surface area contributed by atoms with Gasteiger partial charge in [0.2, 0.25) is 0 Å². The molecule has 0 spiro atoms. The number of aliphatic hydroxyl groups is 1. The average molecular weight is 207 g/mol. The zero-order chi connectivity index (χ0) is 9.90. The van der Waals surface area contributed by atoms with Crippen molar-refractivity contribution in [1.29, 1.82) is 0 Å². The highest BCUT2D eigenvalue weighted by Crippen LogP contribution is 2.18. The fraction of sp³-hybridized carbons (Fsp3) is 1.00. The van der Waals surface area contributed by atoms with Crippen molar-refractivity contribution in [3.8, 4) is 0 Å². The molecule has 0 aromatic rings. The van der Waals surface area contributed by atoms with E-state index in [1.807, 2.05) is 0 Å². The van der Waals surface area contributed by atoms with Crippen LogP contribution >= 0.6 is 0 Å². The van der Waals surface area contributed by atoms with E-state index < -0.39 is 15.9 Å². The molecule has 13 heavy (non-hydrogen) atoms. The molecule has 0 aliphatic heterocycles. The summed E-state index contributed by atoms with van der Waals surface area (Å²) in [7, 11) is -2.93. The van der Waals surface area contributed by atoms with Crippen LogP contribution in [0.1, 0.15) is 19.3 Å². The zero-order valence-corrected chi connectivity index (χ0v) is 8.68. The summed E-state index contributed by atoms with van der Waals surface area (Å²) in [4.78, 5) is 0. The van der Waals surface area contributed by atoms with Crippen molar-refractivity contribution >= 4 is 9.84 Å². The van der Waals surface area contributed by atoms with Gasteiger partial charge in [-0.2, -0.15) is 0 Å². The Morgan fingerprint density at radius 1 is 1.54 bits per heavy atom. The van der Waals surface area contributed by atoms with Crippen molar-refractivity contribution in [3.05, 3.63) is 0 Å². The van der Waals surface area contributed by atoms with Crippen LogP contribution in [-0.2, 0) is 9.84 Å². The summed E-state index contributed by atoms with van der Waals surface area (Å²) in [5.74, 6) is 0.0700. The molecule has 1 atom stereocenters. The normalized spacial score (nSPS) is 20.2. The van der Waals surface area contributed by atoms with E-state index in [1.54, 1.807) is 0 Å². The Morgan fingerprint density at radius 2 is 2.15 bits per heavy atom. The number of hydrogen-bond donors (Lipinski definition) is 2. The number of aliphatic hydroxyl groups excluding tert-OH is 1. The van der Waals surface area contributed by atoms with Gasteiger partial charge in [0.05, 0.1) is 11.9 Å². The Balaban J connectivity index is 2.05. The van der Waals surface area contributed by atoms with Gasteiger partial charge in [0, 0.05) is 18.8 Å². The highest BCUT2D eigenvalue weighted by molar-refractivity contribution is 7.90. The van der Waals surface area contributed by atoms with Gasteiger partial charge in [0.1, 0.15) is 9.84 Å². The Kier molecular flexibility index (Phi) is 3.70. The van der Waals surface area contributed by atoms with Crippen LogP contribution in [0.25, 0.3) is 0 Å². The topological polar surface area (TPSA) is 66.4 Å². The van der Waals surface area contributed by atoms with Gasteiger partial charge in [-0.05, 0) is 19.3 Å². The Bertz CT molecular complexity index is 246. The molecule has 1 rings (SSSR count). The van der Waals surface area contributed by atoms with Crippen LogP contribution < -0.4 is 5.32 Å². The maximum atomic E-state index is 10.8. The van der Waals surface area contributed by atoms with E-state index in [2.05, 4.69) is 5.32 Å². The predicted octanol–water partition coefficient (Wildman–Crippen LogP) is -0.466. The highest BCUT2D eigenvalue weighted by Gasteiger charge is 2.21. The molecule has 0 aromatic heterocycles. The van der Waals surface area contributed by atoms with Crippen molar-refractivity contribution in [2.45, 2.75) is 31.4 Å². The van der Waals surface area contributed by atoms with Crippen LogP contribution in [0.15, 0.2) is 0 Å². The SMILES string of the molecule is CS(=O)(=O)CCC(O)CNC1CC1. The van der Waals surface area contributed by atoms with Crippen LogP contribution in [0.2, 0.25) is 0 Å².